The van der Waals surface area contributed by atoms with Crippen molar-refractivity contribution in [1.82, 2.24) is 9.80 Å². The maximum absolute atomic E-state index is 13.4. The maximum atomic E-state index is 13.4. The Hall–Kier alpha value is -2.64. The Morgan fingerprint density at radius 1 is 1.07 bits per heavy atom. The number of benzene rings is 2. The summed E-state index contributed by atoms with van der Waals surface area (Å²) in [6, 6.07) is 11.7. The van der Waals surface area contributed by atoms with E-state index in [0.29, 0.717) is 5.56 Å². The molecule has 0 bridgehead atoms. The normalized spacial score (nSPS) is 16.2. The number of esters is 1. The molecule has 2 aromatic carbocycles. The molecule has 3 rings (SSSR count). The third-order valence-electron chi connectivity index (χ3n) is 5.54. The summed E-state index contributed by atoms with van der Waals surface area (Å²) in [7, 11) is 3.05. The van der Waals surface area contributed by atoms with Gasteiger partial charge < -0.3 is 14.2 Å². The Balaban J connectivity index is 1.91. The summed E-state index contributed by atoms with van der Waals surface area (Å²) >= 11 is 0. The molecule has 30 heavy (non-hydrogen) atoms. The van der Waals surface area contributed by atoms with E-state index < -0.39 is 6.10 Å². The molecule has 1 aliphatic heterocycles. The van der Waals surface area contributed by atoms with Crippen molar-refractivity contribution in [1.29, 1.82) is 0 Å². The van der Waals surface area contributed by atoms with Crippen LogP contribution in [0.5, 0.6) is 0 Å². The third kappa shape index (κ3) is 4.57. The lowest BCUT2D eigenvalue weighted by molar-refractivity contribution is -0.0401. The second kappa shape index (κ2) is 9.91. The molecule has 1 saturated heterocycles. The first-order valence-electron chi connectivity index (χ1n) is 10.2. The monoisotopic (exact) mass is 414 g/mol. The van der Waals surface area contributed by atoms with E-state index in [9.17, 15) is 9.59 Å². The summed E-state index contributed by atoms with van der Waals surface area (Å²) in [5.41, 5.74) is 1.59. The van der Waals surface area contributed by atoms with Crippen LogP contribution >= 0.6 is 0 Å². The third-order valence-corrected chi connectivity index (χ3v) is 5.54. The summed E-state index contributed by atoms with van der Waals surface area (Å²) in [6.45, 7) is 5.02. The smallest absolute Gasteiger partial charge is 0.339 e. The number of rotatable bonds is 8. The molecule has 1 aliphatic rings. The first-order valence-corrected chi connectivity index (χ1v) is 10.2. The molecule has 0 radical (unpaired) electrons. The van der Waals surface area contributed by atoms with Gasteiger partial charge in [0.1, 0.15) is 19.6 Å². The van der Waals surface area contributed by atoms with Crippen molar-refractivity contribution >= 4 is 22.8 Å². The number of ether oxygens (including phenoxy) is 3. The van der Waals surface area contributed by atoms with Crippen molar-refractivity contribution in [3.8, 4) is 0 Å². The van der Waals surface area contributed by atoms with Crippen molar-refractivity contribution in [2.75, 3.05) is 40.8 Å². The Morgan fingerprint density at radius 2 is 1.70 bits per heavy atom. The molecule has 1 fully saturated rings. The van der Waals surface area contributed by atoms with Crippen LogP contribution in [0.1, 0.15) is 42.1 Å². The molecular weight excluding hydrogens is 384 g/mol. The van der Waals surface area contributed by atoms with E-state index in [-0.39, 0.29) is 44.5 Å². The first kappa shape index (κ1) is 22.1. The van der Waals surface area contributed by atoms with Crippen LogP contribution in [-0.2, 0) is 14.2 Å². The summed E-state index contributed by atoms with van der Waals surface area (Å²) in [6.07, 6.45) is 0.434. The van der Waals surface area contributed by atoms with Gasteiger partial charge in [-0.05, 0) is 28.7 Å². The molecule has 2 aromatic rings. The fraction of sp³-hybridized carbons (Fsp3) is 0.478. The summed E-state index contributed by atoms with van der Waals surface area (Å²) < 4.78 is 16.2. The van der Waals surface area contributed by atoms with Gasteiger partial charge in [-0.3, -0.25) is 9.80 Å². The van der Waals surface area contributed by atoms with Crippen molar-refractivity contribution in [2.45, 2.75) is 32.3 Å². The van der Waals surface area contributed by atoms with Gasteiger partial charge >= 0.3 is 12.0 Å². The fourth-order valence-corrected chi connectivity index (χ4v) is 3.86. The predicted octanol–water partition coefficient (Wildman–Crippen LogP) is 3.82. The number of urea groups is 1. The second-order valence-electron chi connectivity index (χ2n) is 7.65. The fourth-order valence-electron chi connectivity index (χ4n) is 3.86. The van der Waals surface area contributed by atoms with E-state index in [2.05, 4.69) is 13.8 Å². The Morgan fingerprint density at radius 3 is 2.30 bits per heavy atom. The second-order valence-corrected chi connectivity index (χ2v) is 7.65. The molecule has 0 spiro atoms. The largest absolute Gasteiger partial charge is 0.455 e. The van der Waals surface area contributed by atoms with Crippen LogP contribution in [0, 0.1) is 0 Å². The lowest BCUT2D eigenvalue weighted by Crippen LogP contribution is -2.57. The minimum absolute atomic E-state index is 0.124. The Bertz CT molecular complexity index is 882. The predicted molar refractivity (Wildman–Crippen MR) is 114 cm³/mol. The molecule has 1 heterocycles. The van der Waals surface area contributed by atoms with Gasteiger partial charge in [-0.2, -0.15) is 0 Å². The van der Waals surface area contributed by atoms with Gasteiger partial charge in [0.2, 0.25) is 0 Å². The Labute approximate surface area is 177 Å². The van der Waals surface area contributed by atoms with Gasteiger partial charge in [0, 0.05) is 14.2 Å². The standard InChI is InChI=1S/C23H30N2O5/c1-5-16(2)19-11-10-17-8-6-7-9-20(17)21(19)22(26)30-18-12-24(14-28-3)23(27)25(13-18)15-29-4/h6-11,16,18H,5,12-15H2,1-4H3. The van der Waals surface area contributed by atoms with Gasteiger partial charge in [0.05, 0.1) is 18.7 Å². The lowest BCUT2D eigenvalue weighted by Gasteiger charge is -2.38. The number of nitrogens with zero attached hydrogens (tertiary/aromatic N) is 2. The van der Waals surface area contributed by atoms with Gasteiger partial charge in [0.25, 0.3) is 0 Å². The van der Waals surface area contributed by atoms with Crippen molar-refractivity contribution < 1.29 is 23.8 Å². The highest BCUT2D eigenvalue weighted by atomic mass is 16.5. The average Bonchev–Trinajstić information content (AvgIpc) is 2.75. The molecule has 7 nitrogen and oxygen atoms in total. The molecule has 0 saturated carbocycles. The SMILES string of the molecule is CCC(C)c1ccc2ccccc2c1C(=O)OC1CN(COC)C(=O)N(COC)C1. The number of fused-ring (bicyclic) bond motifs is 1. The van der Waals surface area contributed by atoms with Crippen molar-refractivity contribution in [3.63, 3.8) is 0 Å². The van der Waals surface area contributed by atoms with Gasteiger partial charge in [-0.15, -0.1) is 0 Å². The number of methoxy groups -OCH3 is 2. The number of hydrogen-bond acceptors (Lipinski definition) is 5. The van der Waals surface area contributed by atoms with Crippen LogP contribution in [0.3, 0.4) is 0 Å². The molecule has 0 aromatic heterocycles. The van der Waals surface area contributed by atoms with E-state index in [0.717, 1.165) is 22.8 Å². The topological polar surface area (TPSA) is 68.3 Å². The molecular formula is C23H30N2O5. The minimum Gasteiger partial charge on any atom is -0.455 e. The van der Waals surface area contributed by atoms with Crippen LogP contribution in [0.25, 0.3) is 10.8 Å². The molecule has 1 atom stereocenters. The van der Waals surface area contributed by atoms with E-state index in [1.165, 1.54) is 24.0 Å². The highest BCUT2D eigenvalue weighted by Crippen LogP contribution is 2.30. The quantitative estimate of drug-likeness (QED) is 0.614. The number of hydrogen-bond donors (Lipinski definition) is 0. The van der Waals surface area contributed by atoms with Gasteiger partial charge in [-0.1, -0.05) is 50.2 Å². The number of amides is 2. The molecule has 2 amide bonds. The highest BCUT2D eigenvalue weighted by Gasteiger charge is 2.34. The maximum Gasteiger partial charge on any atom is 0.339 e. The van der Waals surface area contributed by atoms with Crippen LogP contribution in [0.15, 0.2) is 36.4 Å². The molecule has 1 unspecified atom stereocenters. The van der Waals surface area contributed by atoms with Crippen LogP contribution in [-0.4, -0.2) is 68.7 Å². The summed E-state index contributed by atoms with van der Waals surface area (Å²) in [5.74, 6) is -0.142. The molecule has 0 N–H and O–H groups in total. The highest BCUT2D eigenvalue weighted by molar-refractivity contribution is 6.06. The average molecular weight is 415 g/mol. The molecule has 7 heteroatoms. The van der Waals surface area contributed by atoms with Crippen LogP contribution in [0.4, 0.5) is 4.79 Å². The Kier molecular flexibility index (Phi) is 7.29. The zero-order chi connectivity index (χ0) is 21.7. The van der Waals surface area contributed by atoms with Gasteiger partial charge in [0.15, 0.2) is 0 Å². The number of carbonyl (C=O) groups is 2. The summed E-state index contributed by atoms with van der Waals surface area (Å²) in [5, 5.41) is 1.88. The van der Waals surface area contributed by atoms with Crippen LogP contribution in [0.2, 0.25) is 0 Å². The molecule has 162 valence electrons. The molecule has 0 aliphatic carbocycles. The zero-order valence-electron chi connectivity index (χ0n) is 18.1. The van der Waals surface area contributed by atoms with E-state index >= 15 is 0 Å². The first-order chi connectivity index (χ1) is 14.5. The van der Waals surface area contributed by atoms with E-state index in [1.54, 1.807) is 0 Å². The zero-order valence-corrected chi connectivity index (χ0v) is 18.1. The summed E-state index contributed by atoms with van der Waals surface area (Å²) in [4.78, 5) is 28.9. The van der Waals surface area contributed by atoms with E-state index in [4.69, 9.17) is 14.2 Å². The number of carbonyl (C=O) groups excluding carboxylic acids is 2. The van der Waals surface area contributed by atoms with Crippen molar-refractivity contribution in [3.05, 3.63) is 47.5 Å². The van der Waals surface area contributed by atoms with Crippen molar-refractivity contribution in [2.24, 2.45) is 0 Å². The lowest BCUT2D eigenvalue weighted by atomic mass is 9.90. The van der Waals surface area contributed by atoms with Gasteiger partial charge in [-0.25, -0.2) is 9.59 Å². The minimum atomic E-state index is -0.482. The van der Waals surface area contributed by atoms with E-state index in [1.807, 2.05) is 36.4 Å². The van der Waals surface area contributed by atoms with Crippen LogP contribution < -0.4 is 0 Å².